The van der Waals surface area contributed by atoms with E-state index in [2.05, 4.69) is 12.2 Å². The van der Waals surface area contributed by atoms with E-state index in [0.29, 0.717) is 18.1 Å². The van der Waals surface area contributed by atoms with Crippen molar-refractivity contribution >= 4 is 6.09 Å². The van der Waals surface area contributed by atoms with E-state index in [9.17, 15) is 4.79 Å². The molecule has 0 saturated heterocycles. The predicted molar refractivity (Wildman–Crippen MR) is 90.0 cm³/mol. The lowest BCUT2D eigenvalue weighted by atomic mass is 9.89. The maximum absolute atomic E-state index is 12.1. The second-order valence-electron chi connectivity index (χ2n) is 8.28. The summed E-state index contributed by atoms with van der Waals surface area (Å²) in [6.45, 7) is 8.12. The highest BCUT2D eigenvalue weighted by atomic mass is 16.6. The highest BCUT2D eigenvalue weighted by Crippen LogP contribution is 2.29. The second-order valence-corrected chi connectivity index (χ2v) is 8.28. The van der Waals surface area contributed by atoms with E-state index in [1.165, 1.54) is 32.1 Å². The molecule has 2 unspecified atom stereocenters. The van der Waals surface area contributed by atoms with Crippen LogP contribution in [-0.4, -0.2) is 41.8 Å². The molecule has 2 saturated carbocycles. The molecule has 4 nitrogen and oxygen atoms in total. The van der Waals surface area contributed by atoms with Crippen molar-refractivity contribution < 1.29 is 9.53 Å². The summed E-state index contributed by atoms with van der Waals surface area (Å²) in [6, 6.07) is 1.67. The normalized spacial score (nSPS) is 32.8. The Labute approximate surface area is 136 Å². The van der Waals surface area contributed by atoms with Gasteiger partial charge in [-0.1, -0.05) is 13.3 Å². The number of carbonyl (C=O) groups is 1. The fourth-order valence-electron chi connectivity index (χ4n) is 3.81. The Kier molecular flexibility index (Phi) is 5.76. The van der Waals surface area contributed by atoms with Crippen molar-refractivity contribution in [2.75, 3.05) is 7.05 Å². The maximum Gasteiger partial charge on any atom is 0.410 e. The molecule has 0 radical (unpaired) electrons. The molecular weight excluding hydrogens is 276 g/mol. The van der Waals surface area contributed by atoms with E-state index in [4.69, 9.17) is 4.74 Å². The molecule has 0 spiro atoms. The van der Waals surface area contributed by atoms with Crippen LogP contribution in [0, 0.1) is 5.92 Å². The molecule has 2 rings (SSSR count). The van der Waals surface area contributed by atoms with Crippen molar-refractivity contribution in [2.24, 2.45) is 5.92 Å². The zero-order chi connectivity index (χ0) is 16.3. The lowest BCUT2D eigenvalue weighted by molar-refractivity contribution is 0.0177. The van der Waals surface area contributed by atoms with Crippen LogP contribution in [0.15, 0.2) is 0 Å². The fraction of sp³-hybridized carbons (Fsp3) is 0.944. The molecule has 0 aliphatic heterocycles. The smallest absolute Gasteiger partial charge is 0.410 e. The summed E-state index contributed by atoms with van der Waals surface area (Å²) in [5, 5.41) is 3.86. The Bertz CT molecular complexity index is 370. The van der Waals surface area contributed by atoms with Gasteiger partial charge in [0.05, 0.1) is 0 Å². The van der Waals surface area contributed by atoms with Crippen LogP contribution in [0.1, 0.15) is 72.6 Å². The Balaban J connectivity index is 1.75. The second kappa shape index (κ2) is 7.20. The van der Waals surface area contributed by atoms with Gasteiger partial charge in [0, 0.05) is 25.2 Å². The molecule has 0 bridgehead atoms. The van der Waals surface area contributed by atoms with Crippen LogP contribution in [-0.2, 0) is 4.74 Å². The standard InChI is InChI=1S/C18H34N2O2/c1-13-7-6-8-16(13)19-14-9-11-15(12-10-14)20(5)17(21)22-18(2,3)4/h13-16,19H,6-12H2,1-5H3. The number of carbonyl (C=O) groups excluding carboxylic acids is 1. The molecule has 2 fully saturated rings. The lowest BCUT2D eigenvalue weighted by Crippen LogP contribution is -2.47. The first-order valence-corrected chi connectivity index (χ1v) is 8.98. The molecule has 1 amide bonds. The highest BCUT2D eigenvalue weighted by Gasteiger charge is 2.31. The van der Waals surface area contributed by atoms with Crippen LogP contribution in [0.2, 0.25) is 0 Å². The van der Waals surface area contributed by atoms with Crippen LogP contribution in [0.4, 0.5) is 4.79 Å². The fourth-order valence-corrected chi connectivity index (χ4v) is 3.81. The molecule has 0 aromatic heterocycles. The topological polar surface area (TPSA) is 41.6 Å². The van der Waals surface area contributed by atoms with Gasteiger partial charge >= 0.3 is 6.09 Å². The van der Waals surface area contributed by atoms with E-state index in [1.54, 1.807) is 4.90 Å². The van der Waals surface area contributed by atoms with E-state index in [-0.39, 0.29) is 6.09 Å². The SMILES string of the molecule is CC1CCCC1NC1CCC(N(C)C(=O)OC(C)(C)C)CC1. The van der Waals surface area contributed by atoms with Crippen LogP contribution < -0.4 is 5.32 Å². The Morgan fingerprint density at radius 3 is 2.23 bits per heavy atom. The predicted octanol–water partition coefficient (Wildman–Crippen LogP) is 3.94. The number of hydrogen-bond acceptors (Lipinski definition) is 3. The average molecular weight is 310 g/mol. The van der Waals surface area contributed by atoms with Gasteiger partial charge in [-0.15, -0.1) is 0 Å². The Morgan fingerprint density at radius 2 is 1.73 bits per heavy atom. The van der Waals surface area contributed by atoms with Gasteiger partial charge in [0.15, 0.2) is 0 Å². The number of amides is 1. The van der Waals surface area contributed by atoms with E-state index < -0.39 is 5.60 Å². The van der Waals surface area contributed by atoms with Gasteiger partial charge in [-0.3, -0.25) is 0 Å². The van der Waals surface area contributed by atoms with Crippen LogP contribution >= 0.6 is 0 Å². The first kappa shape index (κ1) is 17.6. The minimum absolute atomic E-state index is 0.187. The number of rotatable bonds is 3. The molecule has 0 aromatic carbocycles. The summed E-state index contributed by atoms with van der Waals surface area (Å²) in [6.07, 6.45) is 8.38. The maximum atomic E-state index is 12.1. The number of nitrogens with zero attached hydrogens (tertiary/aromatic N) is 1. The van der Waals surface area contributed by atoms with Crippen molar-refractivity contribution in [3.05, 3.63) is 0 Å². The Hall–Kier alpha value is -0.770. The summed E-state index contributed by atoms with van der Waals surface area (Å²) < 4.78 is 5.47. The zero-order valence-electron chi connectivity index (χ0n) is 15.0. The molecule has 0 aromatic rings. The van der Waals surface area contributed by atoms with Crippen LogP contribution in [0.3, 0.4) is 0 Å². The number of hydrogen-bond donors (Lipinski definition) is 1. The zero-order valence-corrected chi connectivity index (χ0v) is 15.0. The lowest BCUT2D eigenvalue weighted by Gasteiger charge is -2.37. The Morgan fingerprint density at radius 1 is 1.09 bits per heavy atom. The van der Waals surface area contributed by atoms with Gasteiger partial charge in [-0.05, 0) is 65.2 Å². The largest absolute Gasteiger partial charge is 0.444 e. The quantitative estimate of drug-likeness (QED) is 0.858. The number of ether oxygens (including phenoxy) is 1. The van der Waals surface area contributed by atoms with Crippen LogP contribution in [0.25, 0.3) is 0 Å². The summed E-state index contributed by atoms with van der Waals surface area (Å²) in [7, 11) is 1.88. The van der Waals surface area contributed by atoms with Crippen molar-refractivity contribution in [2.45, 2.75) is 96.4 Å². The summed E-state index contributed by atoms with van der Waals surface area (Å²) in [5.74, 6) is 0.821. The van der Waals surface area contributed by atoms with Gasteiger partial charge < -0.3 is 15.0 Å². The molecule has 128 valence electrons. The van der Waals surface area contributed by atoms with E-state index >= 15 is 0 Å². The third-order valence-corrected chi connectivity index (χ3v) is 5.24. The summed E-state index contributed by atoms with van der Waals surface area (Å²) >= 11 is 0. The van der Waals surface area contributed by atoms with Gasteiger partial charge in [0.1, 0.15) is 5.60 Å². The van der Waals surface area contributed by atoms with Crippen molar-refractivity contribution in [1.29, 1.82) is 0 Å². The average Bonchev–Trinajstić information content (AvgIpc) is 2.82. The summed E-state index contributed by atoms with van der Waals surface area (Å²) in [4.78, 5) is 14.0. The third kappa shape index (κ3) is 4.87. The molecular formula is C18H34N2O2. The van der Waals surface area contributed by atoms with Crippen molar-refractivity contribution in [3.8, 4) is 0 Å². The van der Waals surface area contributed by atoms with Gasteiger partial charge in [-0.25, -0.2) is 4.79 Å². The third-order valence-electron chi connectivity index (χ3n) is 5.24. The highest BCUT2D eigenvalue weighted by molar-refractivity contribution is 5.68. The molecule has 0 heterocycles. The molecule has 2 aliphatic rings. The van der Waals surface area contributed by atoms with E-state index in [0.717, 1.165) is 18.8 Å². The van der Waals surface area contributed by atoms with Gasteiger partial charge in [-0.2, -0.15) is 0 Å². The van der Waals surface area contributed by atoms with Gasteiger partial charge in [0.25, 0.3) is 0 Å². The molecule has 22 heavy (non-hydrogen) atoms. The summed E-state index contributed by atoms with van der Waals surface area (Å²) in [5.41, 5.74) is -0.414. The molecule has 2 atom stereocenters. The minimum Gasteiger partial charge on any atom is -0.444 e. The van der Waals surface area contributed by atoms with Crippen LogP contribution in [0.5, 0.6) is 0 Å². The first-order chi connectivity index (χ1) is 10.3. The van der Waals surface area contributed by atoms with E-state index in [1.807, 2.05) is 27.8 Å². The molecule has 4 heteroatoms. The van der Waals surface area contributed by atoms with Gasteiger partial charge in [0.2, 0.25) is 0 Å². The molecule has 2 aliphatic carbocycles. The molecule has 1 N–H and O–H groups in total. The number of nitrogens with one attached hydrogen (secondary N) is 1. The monoisotopic (exact) mass is 310 g/mol. The first-order valence-electron chi connectivity index (χ1n) is 8.98. The van der Waals surface area contributed by atoms with Crippen molar-refractivity contribution in [3.63, 3.8) is 0 Å². The van der Waals surface area contributed by atoms with Crippen molar-refractivity contribution in [1.82, 2.24) is 10.2 Å². The minimum atomic E-state index is -0.414.